The molecule has 200 valence electrons. The smallest absolute Gasteiger partial charge is 0.319 e. The molecule has 3 saturated heterocycles. The minimum Gasteiger partial charge on any atom is -0.461 e. The van der Waals surface area contributed by atoms with E-state index in [1.807, 2.05) is 42.5 Å². The summed E-state index contributed by atoms with van der Waals surface area (Å²) in [7, 11) is 0. The van der Waals surface area contributed by atoms with Gasteiger partial charge in [0, 0.05) is 24.9 Å². The van der Waals surface area contributed by atoms with Gasteiger partial charge in [-0.25, -0.2) is 4.39 Å². The number of pyridine rings is 1. The van der Waals surface area contributed by atoms with E-state index in [0.717, 1.165) is 68.3 Å². The molecule has 0 bridgehead atoms. The average molecular weight is 526 g/mol. The van der Waals surface area contributed by atoms with Crippen molar-refractivity contribution in [2.24, 2.45) is 0 Å². The molecule has 4 aliphatic rings. The van der Waals surface area contributed by atoms with E-state index in [1.165, 1.54) is 12.8 Å². The van der Waals surface area contributed by atoms with E-state index < -0.39 is 5.82 Å². The van der Waals surface area contributed by atoms with Gasteiger partial charge in [0.25, 0.3) is 0 Å². The van der Waals surface area contributed by atoms with Gasteiger partial charge in [-0.3, -0.25) is 9.88 Å². The van der Waals surface area contributed by atoms with Gasteiger partial charge in [-0.2, -0.15) is 9.97 Å². The molecule has 0 spiro atoms. The highest BCUT2D eigenvalue weighted by atomic mass is 19.1. The number of anilines is 1. The Bertz CT molecular complexity index is 1560. The number of aromatic nitrogens is 3. The molecule has 7 nitrogen and oxygen atoms in total. The maximum Gasteiger partial charge on any atom is 0.319 e. The molecule has 8 heteroatoms. The van der Waals surface area contributed by atoms with E-state index in [9.17, 15) is 0 Å². The van der Waals surface area contributed by atoms with Crippen LogP contribution in [0.15, 0.2) is 48.7 Å². The third kappa shape index (κ3) is 3.87. The summed E-state index contributed by atoms with van der Waals surface area (Å²) >= 11 is 0. The third-order valence-corrected chi connectivity index (χ3v) is 9.22. The van der Waals surface area contributed by atoms with Gasteiger partial charge in [0.2, 0.25) is 0 Å². The molecule has 2 aromatic heterocycles. The summed E-state index contributed by atoms with van der Waals surface area (Å²) in [5, 5.41) is 2.63. The first-order valence-electron chi connectivity index (χ1n) is 14.3. The van der Waals surface area contributed by atoms with Gasteiger partial charge in [-0.1, -0.05) is 42.5 Å². The van der Waals surface area contributed by atoms with Crippen molar-refractivity contribution in [1.29, 1.82) is 0 Å². The van der Waals surface area contributed by atoms with Crippen molar-refractivity contribution in [2.45, 2.75) is 56.2 Å². The van der Waals surface area contributed by atoms with Crippen LogP contribution in [0.4, 0.5) is 10.2 Å². The van der Waals surface area contributed by atoms with Crippen molar-refractivity contribution in [3.8, 4) is 17.3 Å². The lowest BCUT2D eigenvalue weighted by Crippen LogP contribution is -2.43. The summed E-state index contributed by atoms with van der Waals surface area (Å²) < 4.78 is 28.8. The Morgan fingerprint density at radius 3 is 2.72 bits per heavy atom. The number of rotatable bonds is 5. The highest BCUT2D eigenvalue weighted by Gasteiger charge is 2.47. The van der Waals surface area contributed by atoms with Gasteiger partial charge in [-0.15, -0.1) is 0 Å². The molecule has 39 heavy (non-hydrogen) atoms. The van der Waals surface area contributed by atoms with Crippen molar-refractivity contribution >= 4 is 27.5 Å². The standard InChI is InChI=1S/C31H32FN5O2/c32-26-27(22-10-3-8-20-7-1-2-9-21(20)22)33-18-23-28(26)34-30(39-19-31-11-4-13-36(31)14-5-12-31)35-29(23)37-15-6-16-38-25-17-24(25)37/h1-3,7-10,18,24-25H,4-6,11-17,19H2/t24-,25+/m0/s1. The minimum atomic E-state index is -0.433. The average Bonchev–Trinajstić information content (AvgIpc) is 3.51. The minimum absolute atomic E-state index is 0.0570. The Labute approximate surface area is 227 Å². The number of benzene rings is 2. The van der Waals surface area contributed by atoms with Crippen LogP contribution in [0.5, 0.6) is 6.01 Å². The van der Waals surface area contributed by atoms with Crippen LogP contribution in [0.1, 0.15) is 38.5 Å². The maximum atomic E-state index is 16.5. The molecule has 1 saturated carbocycles. The number of fused-ring (bicyclic) bond motifs is 4. The molecule has 1 aliphatic carbocycles. The van der Waals surface area contributed by atoms with E-state index in [-0.39, 0.29) is 29.2 Å². The largest absolute Gasteiger partial charge is 0.461 e. The summed E-state index contributed by atoms with van der Waals surface area (Å²) in [6, 6.07) is 14.4. The van der Waals surface area contributed by atoms with E-state index in [4.69, 9.17) is 19.4 Å². The molecule has 0 radical (unpaired) electrons. The van der Waals surface area contributed by atoms with E-state index >= 15 is 4.39 Å². The summed E-state index contributed by atoms with van der Waals surface area (Å²) in [6.45, 7) is 4.32. The van der Waals surface area contributed by atoms with Crippen molar-refractivity contribution in [1.82, 2.24) is 19.9 Å². The fourth-order valence-corrected chi connectivity index (χ4v) is 7.15. The molecule has 0 unspecified atom stereocenters. The van der Waals surface area contributed by atoms with Crippen molar-refractivity contribution in [2.75, 3.05) is 37.7 Å². The predicted molar refractivity (Wildman–Crippen MR) is 149 cm³/mol. The first kappa shape index (κ1) is 23.5. The lowest BCUT2D eigenvalue weighted by atomic mass is 9.95. The van der Waals surface area contributed by atoms with Crippen LogP contribution >= 0.6 is 0 Å². The maximum absolute atomic E-state index is 16.5. The number of nitrogens with zero attached hydrogens (tertiary/aromatic N) is 5. The molecule has 8 rings (SSSR count). The molecule has 5 heterocycles. The second-order valence-electron chi connectivity index (χ2n) is 11.5. The summed E-state index contributed by atoms with van der Waals surface area (Å²) in [5.41, 5.74) is 1.38. The first-order chi connectivity index (χ1) is 19.2. The van der Waals surface area contributed by atoms with E-state index in [2.05, 4.69) is 14.8 Å². The van der Waals surface area contributed by atoms with Crippen LogP contribution in [-0.2, 0) is 4.74 Å². The van der Waals surface area contributed by atoms with Crippen LogP contribution in [0.25, 0.3) is 32.9 Å². The zero-order chi connectivity index (χ0) is 26.0. The SMILES string of the molecule is Fc1c(-c2cccc3ccccc23)ncc2c(N3CCCO[C@@H]4C[C@@H]43)nc(OCC34CCCN3CCC4)nc12. The number of hydrogen-bond donors (Lipinski definition) is 0. The topological polar surface area (TPSA) is 63.6 Å². The molecule has 3 aliphatic heterocycles. The summed E-state index contributed by atoms with van der Waals surface area (Å²) in [5.74, 6) is 0.272. The van der Waals surface area contributed by atoms with E-state index in [0.29, 0.717) is 23.5 Å². The molecule has 4 fully saturated rings. The first-order valence-corrected chi connectivity index (χ1v) is 14.3. The van der Waals surface area contributed by atoms with Crippen LogP contribution in [-0.4, -0.2) is 70.4 Å². The fourth-order valence-electron chi connectivity index (χ4n) is 7.15. The van der Waals surface area contributed by atoms with Crippen LogP contribution in [0.3, 0.4) is 0 Å². The van der Waals surface area contributed by atoms with Gasteiger partial charge in [0.15, 0.2) is 5.82 Å². The van der Waals surface area contributed by atoms with Gasteiger partial charge < -0.3 is 14.4 Å². The van der Waals surface area contributed by atoms with Gasteiger partial charge in [-0.05, 0) is 62.4 Å². The highest BCUT2D eigenvalue weighted by molar-refractivity contribution is 5.99. The van der Waals surface area contributed by atoms with Crippen LogP contribution < -0.4 is 9.64 Å². The lowest BCUT2D eigenvalue weighted by Gasteiger charge is -2.31. The Morgan fingerprint density at radius 1 is 0.974 bits per heavy atom. The van der Waals surface area contributed by atoms with Crippen molar-refractivity contribution in [3.05, 3.63) is 54.5 Å². The lowest BCUT2D eigenvalue weighted by molar-refractivity contribution is 0.108. The zero-order valence-electron chi connectivity index (χ0n) is 22.0. The number of hydrogen-bond acceptors (Lipinski definition) is 7. The third-order valence-electron chi connectivity index (χ3n) is 9.22. The Balaban J connectivity index is 1.25. The quantitative estimate of drug-likeness (QED) is 0.348. The normalized spacial score (nSPS) is 24.1. The molecule has 4 aromatic rings. The Morgan fingerprint density at radius 2 is 1.82 bits per heavy atom. The van der Waals surface area contributed by atoms with Crippen molar-refractivity contribution in [3.63, 3.8) is 0 Å². The number of ether oxygens (including phenoxy) is 2. The van der Waals surface area contributed by atoms with Gasteiger partial charge in [0.1, 0.15) is 23.6 Å². The fraction of sp³-hybridized carbons (Fsp3) is 0.452. The monoisotopic (exact) mass is 525 g/mol. The van der Waals surface area contributed by atoms with Crippen LogP contribution in [0, 0.1) is 5.82 Å². The molecule has 2 aromatic carbocycles. The Hall–Kier alpha value is -3.36. The van der Waals surface area contributed by atoms with Crippen LogP contribution in [0.2, 0.25) is 0 Å². The van der Waals surface area contributed by atoms with Gasteiger partial charge >= 0.3 is 6.01 Å². The second kappa shape index (κ2) is 9.10. The number of halogens is 1. The molecule has 0 N–H and O–H groups in total. The predicted octanol–water partition coefficient (Wildman–Crippen LogP) is 5.36. The molecular formula is C31H32FN5O2. The van der Waals surface area contributed by atoms with Crippen molar-refractivity contribution < 1.29 is 13.9 Å². The molecule has 0 amide bonds. The zero-order valence-corrected chi connectivity index (χ0v) is 22.0. The summed E-state index contributed by atoms with van der Waals surface area (Å²) in [6.07, 6.45) is 8.46. The van der Waals surface area contributed by atoms with Gasteiger partial charge in [0.05, 0.1) is 23.1 Å². The Kier molecular flexibility index (Phi) is 5.49. The second-order valence-corrected chi connectivity index (χ2v) is 11.5. The highest BCUT2D eigenvalue weighted by Crippen LogP contribution is 2.42. The van der Waals surface area contributed by atoms with E-state index in [1.54, 1.807) is 6.20 Å². The summed E-state index contributed by atoms with van der Waals surface area (Å²) in [4.78, 5) is 19.1. The molecule has 2 atom stereocenters. The molecular weight excluding hydrogens is 493 g/mol.